The van der Waals surface area contributed by atoms with Gasteiger partial charge in [0, 0.05) is 0 Å². The van der Waals surface area contributed by atoms with Gasteiger partial charge in [0.05, 0.1) is 6.61 Å². The van der Waals surface area contributed by atoms with Gasteiger partial charge in [0.1, 0.15) is 0 Å². The van der Waals surface area contributed by atoms with Crippen LogP contribution in [0.2, 0.25) is 0 Å². The molecule has 0 aliphatic rings. The largest absolute Gasteiger partial charge is 0.392 e. The molecule has 70 valence electrons. The van der Waals surface area contributed by atoms with Gasteiger partial charge < -0.3 is 5.11 Å². The molecule has 0 atom stereocenters. The highest BCUT2D eigenvalue weighted by molar-refractivity contribution is 5.07. The maximum absolute atomic E-state index is 8.70. The molecule has 0 unspecified atom stereocenters. The van der Waals surface area contributed by atoms with Gasteiger partial charge in [-0.05, 0) is 40.0 Å². The Bertz CT molecular complexity index is 173. The van der Waals surface area contributed by atoms with Crippen LogP contribution in [0.25, 0.3) is 0 Å². The standard InChI is InChI=1S/C11H20O/c1-9(2)11(4)7-5-6-10(3)8-12/h12H,3,5-8H2,1-2,4H3. The molecule has 0 amide bonds. The number of allylic oxidation sites excluding steroid dienone is 2. The highest BCUT2D eigenvalue weighted by Crippen LogP contribution is 2.13. The lowest BCUT2D eigenvalue weighted by molar-refractivity contribution is 0.326. The van der Waals surface area contributed by atoms with Crippen LogP contribution in [0.5, 0.6) is 0 Å². The number of hydrogen-bond donors (Lipinski definition) is 1. The Kier molecular flexibility index (Phi) is 5.73. The first-order valence-electron chi connectivity index (χ1n) is 4.48. The van der Waals surface area contributed by atoms with E-state index in [2.05, 4.69) is 27.4 Å². The molecule has 0 rings (SSSR count). The van der Waals surface area contributed by atoms with Crippen molar-refractivity contribution in [1.29, 1.82) is 0 Å². The normalized spacial score (nSPS) is 9.67. The molecule has 1 heteroatoms. The van der Waals surface area contributed by atoms with Gasteiger partial charge in [-0.15, -0.1) is 0 Å². The molecule has 1 N–H and O–H groups in total. The van der Waals surface area contributed by atoms with E-state index in [-0.39, 0.29) is 6.61 Å². The number of hydrogen-bond acceptors (Lipinski definition) is 1. The van der Waals surface area contributed by atoms with Crippen LogP contribution in [-0.4, -0.2) is 11.7 Å². The van der Waals surface area contributed by atoms with E-state index in [4.69, 9.17) is 5.11 Å². The van der Waals surface area contributed by atoms with Crippen molar-refractivity contribution in [3.05, 3.63) is 23.3 Å². The summed E-state index contributed by atoms with van der Waals surface area (Å²) < 4.78 is 0. The van der Waals surface area contributed by atoms with Gasteiger partial charge in [0.25, 0.3) is 0 Å². The highest BCUT2D eigenvalue weighted by atomic mass is 16.3. The maximum atomic E-state index is 8.70. The molecule has 0 aromatic rings. The number of aliphatic hydroxyl groups excluding tert-OH is 1. The molecule has 0 spiro atoms. The number of aliphatic hydroxyl groups is 1. The Morgan fingerprint density at radius 3 is 2.17 bits per heavy atom. The lowest BCUT2D eigenvalue weighted by Crippen LogP contribution is -1.89. The average molecular weight is 168 g/mol. The molecule has 0 fully saturated rings. The van der Waals surface area contributed by atoms with Crippen LogP contribution in [0.3, 0.4) is 0 Å². The van der Waals surface area contributed by atoms with Gasteiger partial charge in [-0.25, -0.2) is 0 Å². The second-order valence-electron chi connectivity index (χ2n) is 3.54. The van der Waals surface area contributed by atoms with Crippen LogP contribution in [0, 0.1) is 0 Å². The fourth-order valence-electron chi connectivity index (χ4n) is 0.933. The summed E-state index contributed by atoms with van der Waals surface area (Å²) in [6.07, 6.45) is 3.18. The zero-order chi connectivity index (χ0) is 9.56. The van der Waals surface area contributed by atoms with E-state index in [9.17, 15) is 0 Å². The van der Waals surface area contributed by atoms with Crippen molar-refractivity contribution in [2.45, 2.75) is 40.0 Å². The average Bonchev–Trinajstić information content (AvgIpc) is 2.03. The van der Waals surface area contributed by atoms with E-state index in [1.807, 2.05) is 0 Å². The zero-order valence-electron chi connectivity index (χ0n) is 8.48. The van der Waals surface area contributed by atoms with Crippen molar-refractivity contribution < 1.29 is 5.11 Å². The van der Waals surface area contributed by atoms with E-state index < -0.39 is 0 Å². The quantitative estimate of drug-likeness (QED) is 0.625. The topological polar surface area (TPSA) is 20.2 Å². The molecule has 0 aromatic carbocycles. The molecule has 12 heavy (non-hydrogen) atoms. The lowest BCUT2D eigenvalue weighted by Gasteiger charge is -2.04. The van der Waals surface area contributed by atoms with E-state index in [1.165, 1.54) is 11.1 Å². The predicted octanol–water partition coefficient (Wildman–Crippen LogP) is 3.06. The zero-order valence-corrected chi connectivity index (χ0v) is 8.48. The molecule has 0 bridgehead atoms. The minimum Gasteiger partial charge on any atom is -0.392 e. The predicted molar refractivity (Wildman–Crippen MR) is 54.1 cm³/mol. The van der Waals surface area contributed by atoms with Crippen molar-refractivity contribution in [3.63, 3.8) is 0 Å². The second kappa shape index (κ2) is 6.01. The minimum atomic E-state index is 0.133. The minimum absolute atomic E-state index is 0.133. The Hall–Kier alpha value is -0.560. The third kappa shape index (κ3) is 5.14. The second-order valence-corrected chi connectivity index (χ2v) is 3.54. The van der Waals surface area contributed by atoms with Crippen molar-refractivity contribution in [2.24, 2.45) is 0 Å². The summed E-state index contributed by atoms with van der Waals surface area (Å²) in [4.78, 5) is 0. The summed E-state index contributed by atoms with van der Waals surface area (Å²) in [6, 6.07) is 0. The van der Waals surface area contributed by atoms with Gasteiger partial charge in [-0.2, -0.15) is 0 Å². The molecule has 0 aromatic heterocycles. The molecule has 0 saturated carbocycles. The maximum Gasteiger partial charge on any atom is 0.0639 e. The van der Waals surface area contributed by atoms with Gasteiger partial charge in [-0.1, -0.05) is 23.3 Å². The summed E-state index contributed by atoms with van der Waals surface area (Å²) >= 11 is 0. The molecule has 0 aliphatic carbocycles. The van der Waals surface area contributed by atoms with Crippen LogP contribution in [0.15, 0.2) is 23.3 Å². The molecular formula is C11H20O. The van der Waals surface area contributed by atoms with Gasteiger partial charge in [-0.3, -0.25) is 0 Å². The van der Waals surface area contributed by atoms with Crippen molar-refractivity contribution in [1.82, 2.24) is 0 Å². The van der Waals surface area contributed by atoms with Crippen molar-refractivity contribution >= 4 is 0 Å². The van der Waals surface area contributed by atoms with Crippen molar-refractivity contribution in [2.75, 3.05) is 6.61 Å². The van der Waals surface area contributed by atoms with E-state index in [1.54, 1.807) is 0 Å². The summed E-state index contributed by atoms with van der Waals surface area (Å²) in [7, 11) is 0. The first-order chi connectivity index (χ1) is 5.57. The molecular weight excluding hydrogens is 148 g/mol. The van der Waals surface area contributed by atoms with Gasteiger partial charge in [0.15, 0.2) is 0 Å². The van der Waals surface area contributed by atoms with Gasteiger partial charge in [0.2, 0.25) is 0 Å². The fourth-order valence-corrected chi connectivity index (χ4v) is 0.933. The summed E-state index contributed by atoms with van der Waals surface area (Å²) in [5, 5.41) is 8.70. The Morgan fingerprint density at radius 1 is 1.17 bits per heavy atom. The van der Waals surface area contributed by atoms with Crippen LogP contribution in [-0.2, 0) is 0 Å². The Balaban J connectivity index is 3.58. The Labute approximate surface area is 75.8 Å². The molecule has 1 nitrogen and oxygen atoms in total. The third-order valence-electron chi connectivity index (χ3n) is 2.16. The number of rotatable bonds is 5. The molecule has 0 saturated heterocycles. The van der Waals surface area contributed by atoms with Crippen molar-refractivity contribution in [3.8, 4) is 0 Å². The fraction of sp³-hybridized carbons (Fsp3) is 0.636. The highest BCUT2D eigenvalue weighted by Gasteiger charge is 1.95. The first-order valence-corrected chi connectivity index (χ1v) is 4.48. The van der Waals surface area contributed by atoms with E-state index in [0.29, 0.717) is 0 Å². The molecule has 0 aliphatic heterocycles. The van der Waals surface area contributed by atoms with Crippen LogP contribution in [0.4, 0.5) is 0 Å². The van der Waals surface area contributed by atoms with E-state index >= 15 is 0 Å². The van der Waals surface area contributed by atoms with Crippen LogP contribution >= 0.6 is 0 Å². The van der Waals surface area contributed by atoms with E-state index in [0.717, 1.165) is 24.8 Å². The molecule has 0 radical (unpaired) electrons. The Morgan fingerprint density at radius 2 is 1.75 bits per heavy atom. The SMILES string of the molecule is C=C(CO)CCCC(C)=C(C)C. The smallest absolute Gasteiger partial charge is 0.0639 e. The van der Waals surface area contributed by atoms with Crippen LogP contribution < -0.4 is 0 Å². The monoisotopic (exact) mass is 168 g/mol. The van der Waals surface area contributed by atoms with Gasteiger partial charge >= 0.3 is 0 Å². The molecule has 0 heterocycles. The lowest BCUT2D eigenvalue weighted by atomic mass is 10.0. The summed E-state index contributed by atoms with van der Waals surface area (Å²) in [5.74, 6) is 0. The third-order valence-corrected chi connectivity index (χ3v) is 2.16. The summed E-state index contributed by atoms with van der Waals surface area (Å²) in [6.45, 7) is 10.3. The van der Waals surface area contributed by atoms with Crippen LogP contribution in [0.1, 0.15) is 40.0 Å². The first kappa shape index (κ1) is 11.4. The summed E-state index contributed by atoms with van der Waals surface area (Å²) in [5.41, 5.74) is 3.81.